The molecule has 32 N–H and O–H groups in total. The molecular weight excluding hydrogens is 1700 g/mol. The van der Waals surface area contributed by atoms with Crippen LogP contribution in [-0.4, -0.2) is 288 Å². The third kappa shape index (κ3) is 40.2. The summed E-state index contributed by atoms with van der Waals surface area (Å²) in [6.07, 6.45) is -8.42. The summed E-state index contributed by atoms with van der Waals surface area (Å²) in [4.78, 5) is 257. The first-order valence-corrected chi connectivity index (χ1v) is 41.5. The van der Waals surface area contributed by atoms with E-state index in [2.05, 4.69) is 110 Å². The van der Waals surface area contributed by atoms with Crippen LogP contribution in [0, 0.1) is 17.2 Å². The summed E-state index contributed by atoms with van der Waals surface area (Å²) in [5, 5.41) is 117. The summed E-state index contributed by atoms with van der Waals surface area (Å²) >= 11 is 8.33. The van der Waals surface area contributed by atoms with Crippen LogP contribution in [0.1, 0.15) is 137 Å². The highest BCUT2D eigenvalue weighted by Crippen LogP contribution is 2.17. The number of carbonyl (C=O) groups is 19. The average Bonchev–Trinajstić information content (AvgIpc) is 0.840. The van der Waals surface area contributed by atoms with E-state index in [1.165, 1.54) is 62.4 Å². The van der Waals surface area contributed by atoms with Crippen molar-refractivity contribution < 1.29 is 127 Å². The number of unbranched alkanes of at least 4 members (excludes halogenated alkanes) is 1. The molecule has 2 rings (SSSR count). The van der Waals surface area contributed by atoms with Gasteiger partial charge in [0.25, 0.3) is 0 Å². The zero-order valence-corrected chi connectivity index (χ0v) is 72.7. The van der Waals surface area contributed by atoms with Gasteiger partial charge in [0.1, 0.15) is 96.1 Å². The number of guanidine groups is 1. The lowest BCUT2D eigenvalue weighted by atomic mass is 9.98. The van der Waals surface area contributed by atoms with Gasteiger partial charge in [0.2, 0.25) is 94.5 Å². The van der Waals surface area contributed by atoms with E-state index in [1.54, 1.807) is 20.8 Å². The van der Waals surface area contributed by atoms with Crippen LogP contribution in [0.3, 0.4) is 0 Å². The van der Waals surface area contributed by atoms with Crippen molar-refractivity contribution in [2.75, 3.05) is 31.1 Å². The summed E-state index contributed by atoms with van der Waals surface area (Å²) in [6, 6.07) is -14.7. The Labute approximate surface area is 736 Å². The number of phenols is 2. The summed E-state index contributed by atoms with van der Waals surface area (Å²) in [5.41, 5.74) is 23.0. The highest BCUT2D eigenvalue weighted by molar-refractivity contribution is 7.80. The molecular formula is C77H121N21O26S2. The number of aromatic hydroxyl groups is 2. The Bertz CT molecular complexity index is 4090. The number of aliphatic hydroxyl groups is 2. The highest BCUT2D eigenvalue weighted by Gasteiger charge is 2.40. The minimum absolute atomic E-state index is 0.0455. The number of hydrogen-bond acceptors (Lipinski definition) is 28. The molecule has 0 saturated carbocycles. The predicted molar refractivity (Wildman–Crippen MR) is 456 cm³/mol. The van der Waals surface area contributed by atoms with Crippen LogP contribution in [0.15, 0.2) is 48.5 Å². The molecule has 0 aromatic heterocycles. The van der Waals surface area contributed by atoms with Crippen LogP contribution in [-0.2, 0) is 104 Å². The van der Waals surface area contributed by atoms with Crippen molar-refractivity contribution in [3.05, 3.63) is 59.7 Å². The van der Waals surface area contributed by atoms with Gasteiger partial charge >= 0.3 is 17.9 Å². The molecule has 47 nitrogen and oxygen atoms in total. The second-order valence-electron chi connectivity index (χ2n) is 30.1. The van der Waals surface area contributed by atoms with Crippen molar-refractivity contribution in [3.63, 3.8) is 0 Å². The first-order valence-electron chi connectivity index (χ1n) is 40.2. The lowest BCUT2D eigenvalue weighted by molar-refractivity contribution is -0.144. The van der Waals surface area contributed by atoms with Gasteiger partial charge in [-0.1, -0.05) is 58.4 Å². The van der Waals surface area contributed by atoms with Crippen molar-refractivity contribution in [2.24, 2.45) is 34.8 Å². The van der Waals surface area contributed by atoms with Gasteiger partial charge in [-0.05, 0) is 126 Å². The molecule has 0 aliphatic rings. The minimum atomic E-state index is -2.11. The maximum Gasteiger partial charge on any atom is 0.326 e. The molecule has 0 radical (unpaired) electrons. The van der Waals surface area contributed by atoms with E-state index in [9.17, 15) is 127 Å². The predicted octanol–water partition coefficient (Wildman–Crippen LogP) is -8.44. The van der Waals surface area contributed by atoms with Crippen LogP contribution in [0.2, 0.25) is 0 Å². The number of carboxylic acids is 3. The van der Waals surface area contributed by atoms with E-state index >= 15 is 0 Å². The summed E-state index contributed by atoms with van der Waals surface area (Å²) in [7, 11) is 0. The molecule has 702 valence electrons. The van der Waals surface area contributed by atoms with Crippen LogP contribution >= 0.6 is 25.3 Å². The smallest absolute Gasteiger partial charge is 0.326 e. The normalized spacial score (nSPS) is 15.4. The third-order valence-corrected chi connectivity index (χ3v) is 19.9. The van der Waals surface area contributed by atoms with E-state index in [1.807, 2.05) is 0 Å². The average molecular weight is 1820 g/mol. The number of rotatable bonds is 58. The van der Waals surface area contributed by atoms with Crippen molar-refractivity contribution in [3.8, 4) is 11.5 Å². The lowest BCUT2D eigenvalue weighted by Gasteiger charge is -2.29. The fraction of sp³-hybridized carbons (Fsp3) is 0.584. The number of aliphatic carboxylic acids is 3. The molecule has 0 heterocycles. The molecule has 0 spiro atoms. The summed E-state index contributed by atoms with van der Waals surface area (Å²) in [6.45, 7) is 10.2. The summed E-state index contributed by atoms with van der Waals surface area (Å²) < 4.78 is 0. The monoisotopic (exact) mass is 1820 g/mol. The van der Waals surface area contributed by atoms with Crippen LogP contribution in [0.5, 0.6) is 11.5 Å². The molecule has 0 aliphatic heterocycles. The zero-order valence-electron chi connectivity index (χ0n) is 70.9. The van der Waals surface area contributed by atoms with Gasteiger partial charge in [-0.15, -0.1) is 0 Å². The molecule has 0 unspecified atom stereocenters. The van der Waals surface area contributed by atoms with E-state index < -0.39 is 296 Å². The fourth-order valence-electron chi connectivity index (χ4n) is 11.7. The number of thiol groups is 2. The standard InChI is InChI=1S/C77H121N21O26S2/c1-9-36(4)59(76(123)124)97-67(114)48(24-26-57(107)108)86-63(110)38(6)85-71(118)52(33-125)94-72(119)53(34-126)93-66(113)47(23-25-56(105)106)88-68(115)49(29-41-15-19-43(101)20-16-41)90-65(112)45(13-10-11-27-78)87-64(111)46(14-12-28-83-77(81)82)89-75(122)61(40(8)100)98-70(117)51(31-54(80)103)91-69(116)50(30-42-17-21-44(102)22-18-42)92-74(121)60(39(7)99)95-55(104)32-84-73(120)58(35(2)3)96-62(109)37(5)79/h15-22,35-40,45-53,58-61,99-102,125-126H,9-14,23-34,78-79H2,1-8H3,(H2,80,103)(H,84,120)(H,85,118)(H,86,110)(H,87,111)(H,88,115)(H,89,122)(H,90,112)(H,91,116)(H,92,121)(H,93,113)(H,94,119)(H,95,104)(H,96,109)(H,97,114)(H,98,117)(H,105,106)(H,107,108)(H,123,124)(H4,81,82,83)/t36-,37-,38-,39+,40+,45-,46-,47-,48-,49-,50-,51-,52-,53-,58-,59-,60-,61-/m0/s1. The molecule has 49 heteroatoms. The Kier molecular flexibility index (Phi) is 48.7. The lowest BCUT2D eigenvalue weighted by Crippen LogP contribution is -2.63. The second kappa shape index (κ2) is 55.9. The fourth-order valence-corrected chi connectivity index (χ4v) is 12.3. The van der Waals surface area contributed by atoms with E-state index in [0.717, 1.165) is 20.8 Å². The molecule has 0 bridgehead atoms. The van der Waals surface area contributed by atoms with Gasteiger partial charge in [0.05, 0.1) is 31.2 Å². The molecule has 2 aromatic rings. The van der Waals surface area contributed by atoms with Crippen molar-refractivity contribution in [1.82, 2.24) is 85.1 Å². The Balaban J connectivity index is 2.59. The van der Waals surface area contributed by atoms with Gasteiger partial charge in [0.15, 0.2) is 5.96 Å². The first-order chi connectivity index (χ1) is 59.1. The molecule has 18 atom stereocenters. The van der Waals surface area contributed by atoms with Crippen LogP contribution in [0.25, 0.3) is 0 Å². The van der Waals surface area contributed by atoms with E-state index in [4.69, 9.17) is 28.3 Å². The number of phenolic OH excluding ortho intramolecular Hbond substituents is 2. The highest BCUT2D eigenvalue weighted by atomic mass is 32.1. The van der Waals surface area contributed by atoms with Crippen molar-refractivity contribution >= 4 is 144 Å². The number of carboxylic acid groups (broad SMARTS) is 3. The van der Waals surface area contributed by atoms with Crippen molar-refractivity contribution in [2.45, 2.75) is 242 Å². The Morgan fingerprint density at radius 3 is 1.17 bits per heavy atom. The SMILES string of the molecule is CC[C@H](C)[C@H](NC(=O)[C@H](CCC(=O)O)NC(=O)[C@H](C)NC(=O)[C@H](CS)NC(=O)[C@H](CS)NC(=O)[C@H](CCC(=O)O)NC(=O)[C@H](Cc1ccc(O)cc1)NC(=O)[C@H](CCCCN)NC(=O)[C@H](CCCNC(=N)N)NC(=O)[C@@H](NC(=O)[C@H](CC(N)=O)NC(=O)[C@H](Cc1ccc(O)cc1)NC(=O)[C@@H](NC(=O)CNC(=O)[C@@H](NC(=O)[C@H](C)N)C(C)C)[C@@H](C)O)[C@@H](C)O)C(=O)O. The Morgan fingerprint density at radius 2 is 0.762 bits per heavy atom. The van der Waals surface area contributed by atoms with Gasteiger partial charge in [-0.3, -0.25) is 91.7 Å². The number of nitrogens with two attached hydrogens (primary N) is 4. The first kappa shape index (κ1) is 110. The van der Waals surface area contributed by atoms with Crippen LogP contribution < -0.4 is 108 Å². The zero-order chi connectivity index (χ0) is 95.5. The molecule has 126 heavy (non-hydrogen) atoms. The summed E-state index contributed by atoms with van der Waals surface area (Å²) in [5.74, 6) is -25.3. The maximum absolute atomic E-state index is 14.8. The molecule has 16 amide bonds. The number of aliphatic hydroxyl groups excluding tert-OH is 2. The molecule has 2 aromatic carbocycles. The largest absolute Gasteiger partial charge is 0.508 e. The topological polar surface area (TPSA) is 786 Å². The number of carbonyl (C=O) groups excluding carboxylic acids is 16. The molecule has 0 fully saturated rings. The van der Waals surface area contributed by atoms with E-state index in [-0.39, 0.29) is 67.8 Å². The van der Waals surface area contributed by atoms with Crippen LogP contribution in [0.4, 0.5) is 0 Å². The van der Waals surface area contributed by atoms with Gasteiger partial charge < -0.3 is 144 Å². The van der Waals surface area contributed by atoms with Gasteiger partial charge in [0, 0.05) is 43.7 Å². The van der Waals surface area contributed by atoms with Gasteiger partial charge in [-0.25, -0.2) is 4.79 Å². The quantitative estimate of drug-likeness (QED) is 0.0127. The number of amides is 16. The minimum Gasteiger partial charge on any atom is -0.508 e. The Morgan fingerprint density at radius 1 is 0.405 bits per heavy atom. The number of nitrogens with one attached hydrogen (secondary N) is 17. The number of primary amides is 1. The molecule has 0 aliphatic carbocycles. The van der Waals surface area contributed by atoms with Gasteiger partial charge in [-0.2, -0.15) is 25.3 Å². The number of hydrogen-bond donors (Lipinski definition) is 30. The Hall–Kier alpha value is -12.2. The van der Waals surface area contributed by atoms with E-state index in [0.29, 0.717) is 6.42 Å². The van der Waals surface area contributed by atoms with Crippen molar-refractivity contribution in [1.29, 1.82) is 5.41 Å². The third-order valence-electron chi connectivity index (χ3n) is 19.2. The maximum atomic E-state index is 14.8. The molecule has 0 saturated heterocycles. The second-order valence-corrected chi connectivity index (χ2v) is 30.9. The number of benzene rings is 2.